The minimum atomic E-state index is -0.782. The van der Waals surface area contributed by atoms with E-state index in [1.54, 1.807) is 24.4 Å². The highest BCUT2D eigenvalue weighted by molar-refractivity contribution is 6.31. The molecule has 1 heterocycles. The third-order valence-corrected chi connectivity index (χ3v) is 2.82. The van der Waals surface area contributed by atoms with Crippen LogP contribution in [0.25, 0.3) is 0 Å². The van der Waals surface area contributed by atoms with Gasteiger partial charge in [0.2, 0.25) is 0 Å². The van der Waals surface area contributed by atoms with Gasteiger partial charge in [-0.2, -0.15) is 0 Å². The van der Waals surface area contributed by atoms with Crippen molar-refractivity contribution in [2.24, 2.45) is 0 Å². The van der Waals surface area contributed by atoms with E-state index in [9.17, 15) is 9.50 Å². The average Bonchev–Trinajstić information content (AvgIpc) is 2.35. The Labute approximate surface area is 104 Å². The van der Waals surface area contributed by atoms with Gasteiger partial charge in [0.05, 0.1) is 11.8 Å². The first-order chi connectivity index (χ1) is 8.16. The van der Waals surface area contributed by atoms with Crippen molar-refractivity contribution in [3.05, 3.63) is 64.7 Å². The summed E-state index contributed by atoms with van der Waals surface area (Å²) in [5, 5.41) is 10.4. The second-order valence-electron chi connectivity index (χ2n) is 3.71. The molecule has 0 aliphatic heterocycles. The number of aliphatic hydroxyl groups excluding tert-OH is 1. The normalized spacial score (nSPS) is 12.4. The summed E-state index contributed by atoms with van der Waals surface area (Å²) in [4.78, 5) is 4.04. The van der Waals surface area contributed by atoms with E-state index in [2.05, 4.69) is 4.98 Å². The van der Waals surface area contributed by atoms with Gasteiger partial charge in [-0.3, -0.25) is 4.98 Å². The van der Waals surface area contributed by atoms with Crippen LogP contribution in [-0.4, -0.2) is 10.1 Å². The molecule has 0 bridgehead atoms. The van der Waals surface area contributed by atoms with Gasteiger partial charge in [0, 0.05) is 17.6 Å². The summed E-state index contributed by atoms with van der Waals surface area (Å²) in [7, 11) is 0. The molecule has 88 valence electrons. The fraction of sp³-hybridized carbons (Fsp3) is 0.154. The fourth-order valence-electron chi connectivity index (χ4n) is 1.59. The highest BCUT2D eigenvalue weighted by Gasteiger charge is 2.12. The van der Waals surface area contributed by atoms with E-state index < -0.39 is 6.10 Å². The van der Waals surface area contributed by atoms with Gasteiger partial charge >= 0.3 is 0 Å². The number of nitrogens with zero attached hydrogens (tertiary/aromatic N) is 1. The van der Waals surface area contributed by atoms with E-state index >= 15 is 0 Å². The first-order valence-corrected chi connectivity index (χ1v) is 5.57. The molecule has 0 saturated carbocycles. The Kier molecular flexibility index (Phi) is 3.71. The molecule has 0 amide bonds. The maximum Gasteiger partial charge on any atom is 0.123 e. The van der Waals surface area contributed by atoms with Crippen LogP contribution >= 0.6 is 11.6 Å². The van der Waals surface area contributed by atoms with Crippen LogP contribution in [0.5, 0.6) is 0 Å². The number of aromatic nitrogens is 1. The molecular formula is C13H11ClFNO. The third kappa shape index (κ3) is 3.02. The third-order valence-electron chi connectivity index (χ3n) is 2.45. The molecule has 2 aromatic rings. The van der Waals surface area contributed by atoms with E-state index in [0.29, 0.717) is 16.3 Å². The minimum absolute atomic E-state index is 0.244. The molecule has 17 heavy (non-hydrogen) atoms. The predicted octanol–water partition coefficient (Wildman–Crippen LogP) is 3.15. The lowest BCUT2D eigenvalue weighted by Gasteiger charge is -2.11. The lowest BCUT2D eigenvalue weighted by molar-refractivity contribution is 0.173. The number of pyridine rings is 1. The molecular weight excluding hydrogens is 241 g/mol. The van der Waals surface area contributed by atoms with Crippen LogP contribution in [0.3, 0.4) is 0 Å². The second kappa shape index (κ2) is 5.25. The van der Waals surface area contributed by atoms with Gasteiger partial charge in [0.25, 0.3) is 0 Å². The van der Waals surface area contributed by atoms with Crippen molar-refractivity contribution in [1.82, 2.24) is 4.98 Å². The van der Waals surface area contributed by atoms with Crippen molar-refractivity contribution in [1.29, 1.82) is 0 Å². The fourth-order valence-corrected chi connectivity index (χ4v) is 1.78. The summed E-state index contributed by atoms with van der Waals surface area (Å²) < 4.78 is 13.0. The largest absolute Gasteiger partial charge is 0.386 e. The quantitative estimate of drug-likeness (QED) is 0.909. The van der Waals surface area contributed by atoms with Crippen LogP contribution in [0.4, 0.5) is 4.39 Å². The van der Waals surface area contributed by atoms with E-state index in [1.807, 2.05) is 0 Å². The summed E-state index contributed by atoms with van der Waals surface area (Å²) in [5.41, 5.74) is 1.12. The minimum Gasteiger partial charge on any atom is -0.386 e. The maximum atomic E-state index is 13.0. The zero-order valence-corrected chi connectivity index (χ0v) is 9.73. The molecule has 0 fully saturated rings. The van der Waals surface area contributed by atoms with Crippen LogP contribution in [0.1, 0.15) is 17.4 Å². The smallest absolute Gasteiger partial charge is 0.123 e. The molecule has 0 radical (unpaired) electrons. The van der Waals surface area contributed by atoms with Crippen LogP contribution in [0, 0.1) is 5.82 Å². The van der Waals surface area contributed by atoms with E-state index in [-0.39, 0.29) is 12.2 Å². The van der Waals surface area contributed by atoms with Crippen LogP contribution in [-0.2, 0) is 6.42 Å². The Morgan fingerprint density at radius 3 is 2.82 bits per heavy atom. The first kappa shape index (κ1) is 12.0. The van der Waals surface area contributed by atoms with Gasteiger partial charge in [-0.25, -0.2) is 4.39 Å². The summed E-state index contributed by atoms with van der Waals surface area (Å²) in [6.07, 6.45) is 1.06. The van der Waals surface area contributed by atoms with Gasteiger partial charge < -0.3 is 5.11 Å². The SMILES string of the molecule is OC(Cc1cc(F)ccc1Cl)c1ccccn1. The molecule has 1 aromatic carbocycles. The molecule has 0 aliphatic rings. The zero-order valence-electron chi connectivity index (χ0n) is 8.98. The van der Waals surface area contributed by atoms with Crippen LogP contribution in [0.2, 0.25) is 5.02 Å². The van der Waals surface area contributed by atoms with Gasteiger partial charge in [-0.05, 0) is 35.9 Å². The van der Waals surface area contributed by atoms with E-state index in [1.165, 1.54) is 18.2 Å². The Morgan fingerprint density at radius 2 is 2.12 bits per heavy atom. The van der Waals surface area contributed by atoms with E-state index in [4.69, 9.17) is 11.6 Å². The molecule has 4 heteroatoms. The van der Waals surface area contributed by atoms with Crippen molar-refractivity contribution in [2.75, 3.05) is 0 Å². The lowest BCUT2D eigenvalue weighted by atomic mass is 10.1. The number of aliphatic hydroxyl groups is 1. The van der Waals surface area contributed by atoms with Crippen molar-refractivity contribution >= 4 is 11.6 Å². The second-order valence-corrected chi connectivity index (χ2v) is 4.12. The zero-order chi connectivity index (χ0) is 12.3. The Morgan fingerprint density at radius 1 is 1.29 bits per heavy atom. The summed E-state index contributed by atoms with van der Waals surface area (Å²) >= 11 is 5.93. The maximum absolute atomic E-state index is 13.0. The molecule has 0 saturated heterocycles. The van der Waals surface area contributed by atoms with Crippen LogP contribution in [0.15, 0.2) is 42.6 Å². The van der Waals surface area contributed by atoms with Gasteiger partial charge in [-0.1, -0.05) is 17.7 Å². The van der Waals surface area contributed by atoms with Crippen molar-refractivity contribution < 1.29 is 9.50 Å². The molecule has 0 spiro atoms. The molecule has 1 N–H and O–H groups in total. The molecule has 2 nitrogen and oxygen atoms in total. The van der Waals surface area contributed by atoms with E-state index in [0.717, 1.165) is 0 Å². The van der Waals surface area contributed by atoms with Crippen molar-refractivity contribution in [3.8, 4) is 0 Å². The monoisotopic (exact) mass is 251 g/mol. The topological polar surface area (TPSA) is 33.1 Å². The van der Waals surface area contributed by atoms with Crippen molar-refractivity contribution in [3.63, 3.8) is 0 Å². The van der Waals surface area contributed by atoms with Gasteiger partial charge in [-0.15, -0.1) is 0 Å². The average molecular weight is 252 g/mol. The Hall–Kier alpha value is -1.45. The first-order valence-electron chi connectivity index (χ1n) is 5.20. The summed E-state index contributed by atoms with van der Waals surface area (Å²) in [5.74, 6) is -0.363. The Balaban J connectivity index is 2.18. The number of benzene rings is 1. The van der Waals surface area contributed by atoms with Gasteiger partial charge in [0.15, 0.2) is 0 Å². The lowest BCUT2D eigenvalue weighted by Crippen LogP contribution is -2.04. The van der Waals surface area contributed by atoms with Gasteiger partial charge in [0.1, 0.15) is 5.82 Å². The number of rotatable bonds is 3. The molecule has 1 atom stereocenters. The number of hydrogen-bond acceptors (Lipinski definition) is 2. The highest BCUT2D eigenvalue weighted by atomic mass is 35.5. The molecule has 0 aliphatic carbocycles. The predicted molar refractivity (Wildman–Crippen MR) is 64.3 cm³/mol. The summed E-state index contributed by atoms with van der Waals surface area (Å²) in [6, 6.07) is 9.38. The highest BCUT2D eigenvalue weighted by Crippen LogP contribution is 2.23. The molecule has 1 aromatic heterocycles. The van der Waals surface area contributed by atoms with Crippen molar-refractivity contribution in [2.45, 2.75) is 12.5 Å². The molecule has 2 rings (SSSR count). The number of hydrogen-bond donors (Lipinski definition) is 1. The molecule has 1 unspecified atom stereocenters. The number of halogens is 2. The Bertz CT molecular complexity index is 504. The summed E-state index contributed by atoms with van der Waals surface area (Å²) in [6.45, 7) is 0. The standard InChI is InChI=1S/C13H11ClFNO/c14-11-5-4-10(15)7-9(11)8-13(17)12-3-1-2-6-16-12/h1-7,13,17H,8H2. The van der Waals surface area contributed by atoms with Crippen LogP contribution < -0.4 is 0 Å².